The maximum atomic E-state index is 13.9. The molecule has 0 radical (unpaired) electrons. The summed E-state index contributed by atoms with van der Waals surface area (Å²) in [6.07, 6.45) is 1.78. The number of ether oxygens (including phenoxy) is 3. The van der Waals surface area contributed by atoms with Crippen molar-refractivity contribution in [3.63, 3.8) is 0 Å². The van der Waals surface area contributed by atoms with Gasteiger partial charge in [0.25, 0.3) is 11.5 Å². The van der Waals surface area contributed by atoms with E-state index < -0.39 is 29.0 Å². The Hall–Kier alpha value is -4.54. The number of carbonyl (C=O) groups excluding carboxylic acids is 2. The Labute approximate surface area is 232 Å². The van der Waals surface area contributed by atoms with Crippen molar-refractivity contribution in [1.29, 1.82) is 0 Å². The highest BCUT2D eigenvalue weighted by Crippen LogP contribution is 2.33. The van der Waals surface area contributed by atoms with Crippen molar-refractivity contribution in [2.75, 3.05) is 27.3 Å². The van der Waals surface area contributed by atoms with Crippen molar-refractivity contribution >= 4 is 12.0 Å². The Balaban J connectivity index is 1.58. The second kappa shape index (κ2) is 13.0. The number of nitrogens with one attached hydrogen (secondary N) is 1. The van der Waals surface area contributed by atoms with Gasteiger partial charge in [-0.05, 0) is 30.5 Å². The van der Waals surface area contributed by atoms with E-state index in [0.717, 1.165) is 12.0 Å². The lowest BCUT2D eigenvalue weighted by atomic mass is 10.2. The van der Waals surface area contributed by atoms with Crippen LogP contribution in [-0.2, 0) is 17.8 Å². The third-order valence-electron chi connectivity index (χ3n) is 6.74. The number of aromatic hydroxyl groups is 1. The van der Waals surface area contributed by atoms with Crippen molar-refractivity contribution in [3.8, 4) is 23.1 Å². The molecular formula is C29H34N4O7. The van der Waals surface area contributed by atoms with Crippen LogP contribution in [0, 0.1) is 0 Å². The summed E-state index contributed by atoms with van der Waals surface area (Å²) in [4.78, 5) is 45.5. The van der Waals surface area contributed by atoms with Crippen LogP contribution in [0.3, 0.4) is 0 Å². The molecule has 11 nitrogen and oxygen atoms in total. The van der Waals surface area contributed by atoms with E-state index >= 15 is 0 Å². The maximum Gasteiger partial charge on any atom is 0.407 e. The quantitative estimate of drug-likeness (QED) is 0.392. The lowest BCUT2D eigenvalue weighted by Crippen LogP contribution is -2.40. The van der Waals surface area contributed by atoms with Gasteiger partial charge in [-0.1, -0.05) is 49.7 Å². The van der Waals surface area contributed by atoms with Crippen LogP contribution < -0.4 is 20.3 Å². The Bertz CT molecular complexity index is 1390. The summed E-state index contributed by atoms with van der Waals surface area (Å²) >= 11 is 0. The normalized spacial score (nSPS) is 14.6. The molecule has 40 heavy (non-hydrogen) atoms. The first-order valence-corrected chi connectivity index (χ1v) is 13.2. The van der Waals surface area contributed by atoms with Gasteiger partial charge in [0.15, 0.2) is 5.56 Å². The predicted molar refractivity (Wildman–Crippen MR) is 147 cm³/mol. The number of alkyl carbamates (subject to hydrolysis) is 1. The number of carbonyl (C=O) groups is 2. The van der Waals surface area contributed by atoms with E-state index in [1.165, 1.54) is 23.7 Å². The number of hydrogen-bond acceptors (Lipinski definition) is 8. The van der Waals surface area contributed by atoms with Gasteiger partial charge in [-0.3, -0.25) is 14.2 Å². The molecule has 4 rings (SSSR count). The van der Waals surface area contributed by atoms with E-state index in [1.807, 2.05) is 37.3 Å². The zero-order valence-electron chi connectivity index (χ0n) is 22.9. The van der Waals surface area contributed by atoms with E-state index in [1.54, 1.807) is 18.2 Å². The molecule has 3 aromatic rings. The summed E-state index contributed by atoms with van der Waals surface area (Å²) in [5, 5.41) is 13.6. The average Bonchev–Trinajstić information content (AvgIpc) is 3.43. The lowest BCUT2D eigenvalue weighted by Gasteiger charge is -2.21. The molecular weight excluding hydrogens is 516 g/mol. The molecule has 0 spiro atoms. The van der Waals surface area contributed by atoms with E-state index in [0.29, 0.717) is 36.4 Å². The minimum absolute atomic E-state index is 0.123. The Kier molecular flexibility index (Phi) is 9.26. The number of para-hydroxylation sites is 1. The molecule has 212 valence electrons. The van der Waals surface area contributed by atoms with Gasteiger partial charge in [0.2, 0.25) is 5.88 Å². The molecule has 11 heteroatoms. The molecule has 0 unspecified atom stereocenters. The molecule has 0 saturated carbocycles. The van der Waals surface area contributed by atoms with Gasteiger partial charge in [0.1, 0.15) is 29.6 Å². The van der Waals surface area contributed by atoms with Gasteiger partial charge in [-0.2, -0.15) is 4.98 Å². The Morgan fingerprint density at radius 2 is 1.77 bits per heavy atom. The third-order valence-corrected chi connectivity index (χ3v) is 6.74. The second-order valence-electron chi connectivity index (χ2n) is 9.42. The summed E-state index contributed by atoms with van der Waals surface area (Å²) in [6.45, 7) is 2.54. The number of methoxy groups -OCH3 is 2. The molecule has 1 atom stereocenters. The first-order chi connectivity index (χ1) is 19.4. The van der Waals surface area contributed by atoms with Crippen LogP contribution in [0.4, 0.5) is 4.79 Å². The minimum atomic E-state index is -0.731. The molecule has 1 saturated heterocycles. The molecule has 1 aliphatic heterocycles. The van der Waals surface area contributed by atoms with Gasteiger partial charge in [0.05, 0.1) is 20.3 Å². The highest BCUT2D eigenvalue weighted by Gasteiger charge is 2.33. The number of benzene rings is 2. The number of nitrogens with zero attached hydrogens (tertiary/aromatic N) is 3. The number of rotatable bonds is 10. The van der Waals surface area contributed by atoms with Crippen LogP contribution >= 0.6 is 0 Å². The predicted octanol–water partition coefficient (Wildman–Crippen LogP) is 3.44. The monoisotopic (exact) mass is 550 g/mol. The van der Waals surface area contributed by atoms with Gasteiger partial charge >= 0.3 is 6.09 Å². The van der Waals surface area contributed by atoms with E-state index in [9.17, 15) is 19.5 Å². The highest BCUT2D eigenvalue weighted by molar-refractivity contribution is 5.96. The number of amides is 2. The summed E-state index contributed by atoms with van der Waals surface area (Å²) in [7, 11) is 2.94. The number of likely N-dealkylation sites (tertiary alicyclic amines) is 1. The molecule has 1 aliphatic rings. The number of aryl methyl sites for hydroxylation is 1. The molecule has 2 amide bonds. The van der Waals surface area contributed by atoms with Crippen LogP contribution in [0.15, 0.2) is 53.3 Å². The van der Waals surface area contributed by atoms with Crippen molar-refractivity contribution in [2.24, 2.45) is 0 Å². The SMILES string of the molecule is CCCCc1nc(O)c(C(=O)N2CC[C@@H](NC(=O)OCc3ccccc3)C2)c(=O)n1-c1c(OC)cccc1OC. The first kappa shape index (κ1) is 28.5. The molecule has 1 aromatic heterocycles. The molecule has 2 heterocycles. The molecule has 2 N–H and O–H groups in total. The second-order valence-corrected chi connectivity index (χ2v) is 9.42. The standard InChI is InChI=1S/C29H34N4O7/c1-4-5-14-23-31-26(34)24(28(36)33(23)25-21(38-2)12-9-13-22(25)39-3)27(35)32-16-15-20(17-32)30-29(37)40-18-19-10-7-6-8-11-19/h6-13,20,34H,4-5,14-18H2,1-3H3,(H,30,37)/t20-/m1/s1. The average molecular weight is 551 g/mol. The highest BCUT2D eigenvalue weighted by atomic mass is 16.5. The third kappa shape index (κ3) is 6.19. The van der Waals surface area contributed by atoms with Crippen LogP contribution in [0.1, 0.15) is 47.9 Å². The van der Waals surface area contributed by atoms with E-state index in [2.05, 4.69) is 10.3 Å². The fourth-order valence-corrected chi connectivity index (χ4v) is 4.68. The largest absolute Gasteiger partial charge is 0.494 e. The smallest absolute Gasteiger partial charge is 0.407 e. The van der Waals surface area contributed by atoms with E-state index in [-0.39, 0.29) is 31.6 Å². The van der Waals surface area contributed by atoms with Crippen molar-refractivity contribution in [3.05, 3.63) is 75.8 Å². The van der Waals surface area contributed by atoms with Gasteiger partial charge in [-0.15, -0.1) is 0 Å². The lowest BCUT2D eigenvalue weighted by molar-refractivity contribution is 0.0780. The van der Waals surface area contributed by atoms with Gasteiger partial charge in [0, 0.05) is 19.5 Å². The summed E-state index contributed by atoms with van der Waals surface area (Å²) in [5.41, 5.74) is -0.0351. The molecule has 2 aromatic carbocycles. The van der Waals surface area contributed by atoms with Crippen LogP contribution in [0.2, 0.25) is 0 Å². The van der Waals surface area contributed by atoms with Crippen molar-refractivity contribution in [2.45, 2.75) is 45.3 Å². The Morgan fingerprint density at radius 1 is 1.07 bits per heavy atom. The summed E-state index contributed by atoms with van der Waals surface area (Å²) in [5.74, 6) is -0.327. The van der Waals surface area contributed by atoms with Crippen LogP contribution in [0.5, 0.6) is 17.4 Å². The van der Waals surface area contributed by atoms with Gasteiger partial charge < -0.3 is 29.5 Å². The molecule has 1 fully saturated rings. The van der Waals surface area contributed by atoms with Crippen LogP contribution in [-0.4, -0.2) is 64.9 Å². The number of unbranched alkanes of at least 4 members (excludes halogenated alkanes) is 1. The zero-order chi connectivity index (χ0) is 28.6. The molecule has 0 bridgehead atoms. The van der Waals surface area contributed by atoms with Crippen molar-refractivity contribution < 1.29 is 28.9 Å². The zero-order valence-corrected chi connectivity index (χ0v) is 22.9. The summed E-state index contributed by atoms with van der Waals surface area (Å²) in [6, 6.07) is 14.0. The number of hydrogen-bond donors (Lipinski definition) is 2. The number of aromatic nitrogens is 2. The Morgan fingerprint density at radius 3 is 2.42 bits per heavy atom. The summed E-state index contributed by atoms with van der Waals surface area (Å²) < 4.78 is 17.6. The minimum Gasteiger partial charge on any atom is -0.494 e. The topological polar surface area (TPSA) is 132 Å². The fraction of sp³-hybridized carbons (Fsp3) is 0.379. The maximum absolute atomic E-state index is 13.9. The molecule has 0 aliphatic carbocycles. The van der Waals surface area contributed by atoms with E-state index in [4.69, 9.17) is 14.2 Å². The van der Waals surface area contributed by atoms with Gasteiger partial charge in [-0.25, -0.2) is 4.79 Å². The first-order valence-electron chi connectivity index (χ1n) is 13.2. The van der Waals surface area contributed by atoms with Crippen LogP contribution in [0.25, 0.3) is 5.69 Å². The van der Waals surface area contributed by atoms with Crippen molar-refractivity contribution in [1.82, 2.24) is 19.8 Å². The fourth-order valence-electron chi connectivity index (χ4n) is 4.68.